The van der Waals surface area contributed by atoms with Crippen LogP contribution < -0.4 is 5.32 Å². The van der Waals surface area contributed by atoms with Crippen LogP contribution in [0.25, 0.3) is 0 Å². The van der Waals surface area contributed by atoms with Crippen LogP contribution in [0.3, 0.4) is 0 Å². The lowest BCUT2D eigenvalue weighted by Crippen LogP contribution is -2.18. The first kappa shape index (κ1) is 10.1. The van der Waals surface area contributed by atoms with Crippen molar-refractivity contribution in [3.05, 3.63) is 0 Å². The third kappa shape index (κ3) is 4.00. The van der Waals surface area contributed by atoms with Crippen molar-refractivity contribution in [1.82, 2.24) is 10.4 Å². The van der Waals surface area contributed by atoms with E-state index in [1.54, 1.807) is 0 Å². The Bertz CT molecular complexity index is 186. The number of nitrogens with one attached hydrogen (secondary N) is 1. The Balaban J connectivity index is 0.000000132. The largest absolute Gasteiger partial charge is 0.314 e. The molecule has 0 radical (unpaired) electrons. The molecule has 74 valence electrons. The van der Waals surface area contributed by atoms with E-state index in [0.29, 0.717) is 12.8 Å². The lowest BCUT2D eigenvalue weighted by atomic mass is 10.4. The molecule has 2 amide bonds. The van der Waals surface area contributed by atoms with E-state index in [9.17, 15) is 9.59 Å². The number of nitrogens with zero attached hydrogens (tertiary/aromatic N) is 1. The van der Waals surface area contributed by atoms with Crippen LogP contribution in [0.1, 0.15) is 25.7 Å². The highest BCUT2D eigenvalue weighted by Crippen LogP contribution is 2.01. The SMILES string of the molecule is O=C1CCC(=O)N1.ON1CCCC1. The Morgan fingerprint density at radius 1 is 1.08 bits per heavy atom. The number of amides is 2. The van der Waals surface area contributed by atoms with Gasteiger partial charge in [-0.3, -0.25) is 14.9 Å². The second kappa shape index (κ2) is 4.94. The summed E-state index contributed by atoms with van der Waals surface area (Å²) in [6, 6.07) is 0. The Hall–Kier alpha value is -0.940. The van der Waals surface area contributed by atoms with Crippen molar-refractivity contribution in [3.63, 3.8) is 0 Å². The molecule has 5 heteroatoms. The quantitative estimate of drug-likeness (QED) is 0.518. The predicted octanol–water partition coefficient (Wildman–Crippen LogP) is -0.106. The molecule has 0 unspecified atom stereocenters. The summed E-state index contributed by atoms with van der Waals surface area (Å²) < 4.78 is 0. The fourth-order valence-corrected chi connectivity index (χ4v) is 1.21. The first-order chi connectivity index (χ1) is 6.18. The molecule has 13 heavy (non-hydrogen) atoms. The summed E-state index contributed by atoms with van der Waals surface area (Å²) in [6.07, 6.45) is 3.07. The molecule has 2 N–H and O–H groups in total. The van der Waals surface area contributed by atoms with Crippen LogP contribution in [-0.4, -0.2) is 35.2 Å². The van der Waals surface area contributed by atoms with Crippen molar-refractivity contribution >= 4 is 11.8 Å². The van der Waals surface area contributed by atoms with Gasteiger partial charge in [-0.25, -0.2) is 0 Å². The molecule has 2 rings (SSSR count). The van der Waals surface area contributed by atoms with E-state index in [1.165, 1.54) is 5.06 Å². The molecular formula is C8H14N2O3. The van der Waals surface area contributed by atoms with Gasteiger partial charge in [0.25, 0.3) is 0 Å². The standard InChI is InChI=1S/C4H5NO2.C4H9NO/c6-3-1-2-4(7)5-3;6-5-3-1-2-4-5/h1-2H2,(H,5,6,7);6H,1-4H2. The Labute approximate surface area is 76.7 Å². The minimum Gasteiger partial charge on any atom is -0.314 e. The summed E-state index contributed by atoms with van der Waals surface area (Å²) in [5.74, 6) is -0.296. The fraction of sp³-hybridized carbons (Fsp3) is 0.750. The molecular weight excluding hydrogens is 172 g/mol. The lowest BCUT2D eigenvalue weighted by Gasteiger charge is -1.99. The molecule has 2 fully saturated rings. The van der Waals surface area contributed by atoms with E-state index < -0.39 is 0 Å². The highest BCUT2D eigenvalue weighted by atomic mass is 16.5. The molecule has 0 atom stereocenters. The third-order valence-corrected chi connectivity index (χ3v) is 1.94. The number of carbonyl (C=O) groups is 2. The second-order valence-electron chi connectivity index (χ2n) is 3.13. The molecule has 0 spiro atoms. The number of carbonyl (C=O) groups excluding carboxylic acids is 2. The van der Waals surface area contributed by atoms with Gasteiger partial charge < -0.3 is 5.21 Å². The predicted molar refractivity (Wildman–Crippen MR) is 45.0 cm³/mol. The van der Waals surface area contributed by atoms with Crippen LogP contribution in [0, 0.1) is 0 Å². The molecule has 2 aliphatic heterocycles. The minimum absolute atomic E-state index is 0.148. The summed E-state index contributed by atoms with van der Waals surface area (Å²) in [5.41, 5.74) is 0. The first-order valence-electron chi connectivity index (χ1n) is 4.45. The summed E-state index contributed by atoms with van der Waals surface area (Å²) in [5, 5.41) is 12.1. The molecule has 2 saturated heterocycles. The van der Waals surface area contributed by atoms with Gasteiger partial charge in [0.1, 0.15) is 0 Å². The van der Waals surface area contributed by atoms with Gasteiger partial charge in [0.2, 0.25) is 11.8 Å². The first-order valence-corrected chi connectivity index (χ1v) is 4.45. The van der Waals surface area contributed by atoms with Gasteiger partial charge >= 0.3 is 0 Å². The molecule has 2 heterocycles. The zero-order valence-corrected chi connectivity index (χ0v) is 7.45. The number of imide groups is 1. The molecule has 2 aliphatic rings. The molecule has 0 aromatic heterocycles. The Morgan fingerprint density at radius 3 is 1.69 bits per heavy atom. The van der Waals surface area contributed by atoms with Gasteiger partial charge in [-0.1, -0.05) is 0 Å². The van der Waals surface area contributed by atoms with Crippen LogP contribution in [0.2, 0.25) is 0 Å². The maximum Gasteiger partial charge on any atom is 0.227 e. The van der Waals surface area contributed by atoms with Gasteiger partial charge in [-0.05, 0) is 12.8 Å². The molecule has 0 aromatic rings. The van der Waals surface area contributed by atoms with Gasteiger partial charge in [0.05, 0.1) is 0 Å². The molecule has 5 nitrogen and oxygen atoms in total. The molecule has 0 aromatic carbocycles. The molecule has 0 aliphatic carbocycles. The highest BCUT2D eigenvalue weighted by molar-refractivity contribution is 6.01. The summed E-state index contributed by atoms with van der Waals surface area (Å²) in [6.45, 7) is 1.75. The number of hydrogen-bond acceptors (Lipinski definition) is 4. The molecule has 0 saturated carbocycles. The van der Waals surface area contributed by atoms with Crippen LogP contribution in [-0.2, 0) is 9.59 Å². The van der Waals surface area contributed by atoms with E-state index in [1.807, 2.05) is 0 Å². The van der Waals surface area contributed by atoms with Crippen LogP contribution in [0.4, 0.5) is 0 Å². The van der Waals surface area contributed by atoms with E-state index in [2.05, 4.69) is 5.32 Å². The third-order valence-electron chi connectivity index (χ3n) is 1.94. The van der Waals surface area contributed by atoms with Crippen molar-refractivity contribution in [2.45, 2.75) is 25.7 Å². The van der Waals surface area contributed by atoms with Crippen molar-refractivity contribution in [2.24, 2.45) is 0 Å². The van der Waals surface area contributed by atoms with Crippen molar-refractivity contribution in [1.29, 1.82) is 0 Å². The lowest BCUT2D eigenvalue weighted by molar-refractivity contribution is -0.124. The average molecular weight is 186 g/mol. The number of hydrogen-bond donors (Lipinski definition) is 2. The van der Waals surface area contributed by atoms with Crippen molar-refractivity contribution < 1.29 is 14.8 Å². The minimum atomic E-state index is -0.148. The van der Waals surface area contributed by atoms with Crippen LogP contribution in [0.15, 0.2) is 0 Å². The Kier molecular flexibility index (Phi) is 3.85. The summed E-state index contributed by atoms with van der Waals surface area (Å²) >= 11 is 0. The fourth-order valence-electron chi connectivity index (χ4n) is 1.21. The van der Waals surface area contributed by atoms with E-state index in [4.69, 9.17) is 5.21 Å². The Morgan fingerprint density at radius 2 is 1.54 bits per heavy atom. The van der Waals surface area contributed by atoms with Crippen molar-refractivity contribution in [3.8, 4) is 0 Å². The topological polar surface area (TPSA) is 69.6 Å². The number of rotatable bonds is 0. The average Bonchev–Trinajstić information content (AvgIpc) is 2.64. The van der Waals surface area contributed by atoms with Gasteiger partial charge in [0, 0.05) is 25.9 Å². The van der Waals surface area contributed by atoms with Gasteiger partial charge in [-0.15, -0.1) is 0 Å². The van der Waals surface area contributed by atoms with E-state index in [0.717, 1.165) is 25.9 Å². The monoisotopic (exact) mass is 186 g/mol. The normalized spacial score (nSPS) is 22.5. The zero-order valence-electron chi connectivity index (χ0n) is 7.45. The van der Waals surface area contributed by atoms with Crippen molar-refractivity contribution in [2.75, 3.05) is 13.1 Å². The van der Waals surface area contributed by atoms with E-state index in [-0.39, 0.29) is 11.8 Å². The van der Waals surface area contributed by atoms with Gasteiger partial charge in [-0.2, -0.15) is 5.06 Å². The maximum atomic E-state index is 10.1. The molecule has 0 bridgehead atoms. The summed E-state index contributed by atoms with van der Waals surface area (Å²) in [7, 11) is 0. The second-order valence-corrected chi connectivity index (χ2v) is 3.13. The van der Waals surface area contributed by atoms with Crippen LogP contribution in [0.5, 0.6) is 0 Å². The van der Waals surface area contributed by atoms with E-state index >= 15 is 0 Å². The summed E-state index contributed by atoms with van der Waals surface area (Å²) in [4.78, 5) is 20.2. The maximum absolute atomic E-state index is 10.1. The smallest absolute Gasteiger partial charge is 0.227 e. The van der Waals surface area contributed by atoms with Crippen LogP contribution >= 0.6 is 0 Å². The van der Waals surface area contributed by atoms with Gasteiger partial charge in [0.15, 0.2) is 0 Å². The number of hydroxylamine groups is 2. The highest BCUT2D eigenvalue weighted by Gasteiger charge is 2.15. The zero-order chi connectivity index (χ0) is 9.68.